The molecule has 1 saturated heterocycles. The number of ether oxygens (including phenoxy) is 1. The van der Waals surface area contributed by atoms with Gasteiger partial charge in [0, 0.05) is 7.05 Å². The van der Waals surface area contributed by atoms with Gasteiger partial charge in [-0.25, -0.2) is 10.4 Å². The van der Waals surface area contributed by atoms with Gasteiger partial charge in [0.1, 0.15) is 12.3 Å². The summed E-state index contributed by atoms with van der Waals surface area (Å²) < 4.78 is 5.90. The molecule has 0 bridgehead atoms. The topological polar surface area (TPSA) is 24.5 Å². The Labute approximate surface area is 91.0 Å². The minimum absolute atomic E-state index is 0.0661. The molecule has 3 heteroatoms. The SMILES string of the molecule is CC1NN(C)C(C)C(c2ccccc2)O1. The molecule has 0 aliphatic carbocycles. The molecule has 0 saturated carbocycles. The van der Waals surface area contributed by atoms with Crippen LogP contribution in [0.25, 0.3) is 0 Å². The van der Waals surface area contributed by atoms with E-state index in [4.69, 9.17) is 4.74 Å². The third-order valence-electron chi connectivity index (χ3n) is 2.91. The zero-order valence-corrected chi connectivity index (χ0v) is 9.47. The second-order valence-electron chi connectivity index (χ2n) is 4.09. The summed E-state index contributed by atoms with van der Waals surface area (Å²) in [5.41, 5.74) is 4.48. The molecule has 1 N–H and O–H groups in total. The highest BCUT2D eigenvalue weighted by Crippen LogP contribution is 2.27. The molecule has 1 aliphatic rings. The van der Waals surface area contributed by atoms with E-state index in [0.29, 0.717) is 6.04 Å². The van der Waals surface area contributed by atoms with E-state index in [1.54, 1.807) is 0 Å². The fraction of sp³-hybridized carbons (Fsp3) is 0.500. The van der Waals surface area contributed by atoms with Crippen LogP contribution in [0, 0.1) is 0 Å². The van der Waals surface area contributed by atoms with Crippen molar-refractivity contribution in [2.75, 3.05) is 7.05 Å². The molecular weight excluding hydrogens is 188 g/mol. The Balaban J connectivity index is 2.20. The van der Waals surface area contributed by atoms with Crippen LogP contribution in [0.3, 0.4) is 0 Å². The van der Waals surface area contributed by atoms with E-state index in [1.807, 2.05) is 13.0 Å². The smallest absolute Gasteiger partial charge is 0.118 e. The first-order valence-corrected chi connectivity index (χ1v) is 5.38. The maximum atomic E-state index is 5.90. The molecule has 1 aliphatic heterocycles. The summed E-state index contributed by atoms with van der Waals surface area (Å²) in [6.07, 6.45) is 0.212. The molecule has 1 fully saturated rings. The molecule has 1 heterocycles. The summed E-state index contributed by atoms with van der Waals surface area (Å²) in [5.74, 6) is 0. The van der Waals surface area contributed by atoms with E-state index in [9.17, 15) is 0 Å². The van der Waals surface area contributed by atoms with Crippen LogP contribution in [0.2, 0.25) is 0 Å². The quantitative estimate of drug-likeness (QED) is 0.760. The Morgan fingerprint density at radius 1 is 1.20 bits per heavy atom. The molecule has 3 unspecified atom stereocenters. The number of likely N-dealkylation sites (N-methyl/N-ethyl adjacent to an activating group) is 1. The van der Waals surface area contributed by atoms with Crippen LogP contribution in [0.15, 0.2) is 30.3 Å². The number of benzene rings is 1. The highest BCUT2D eigenvalue weighted by Gasteiger charge is 2.30. The summed E-state index contributed by atoms with van der Waals surface area (Å²) in [7, 11) is 2.06. The van der Waals surface area contributed by atoms with Crippen molar-refractivity contribution >= 4 is 0 Å². The van der Waals surface area contributed by atoms with Gasteiger partial charge in [-0.05, 0) is 19.4 Å². The van der Waals surface area contributed by atoms with Crippen LogP contribution < -0.4 is 5.43 Å². The number of hydrogen-bond acceptors (Lipinski definition) is 3. The lowest BCUT2D eigenvalue weighted by molar-refractivity contribution is -0.147. The van der Waals surface area contributed by atoms with Crippen LogP contribution in [-0.2, 0) is 4.74 Å². The van der Waals surface area contributed by atoms with Gasteiger partial charge in [-0.3, -0.25) is 0 Å². The van der Waals surface area contributed by atoms with Crippen molar-refractivity contribution in [2.45, 2.75) is 32.2 Å². The molecule has 3 atom stereocenters. The molecule has 1 aromatic rings. The largest absolute Gasteiger partial charge is 0.353 e. The summed E-state index contributed by atoms with van der Waals surface area (Å²) in [5, 5.41) is 2.12. The van der Waals surface area contributed by atoms with Crippen molar-refractivity contribution < 1.29 is 4.74 Å². The van der Waals surface area contributed by atoms with Crippen molar-refractivity contribution in [3.8, 4) is 0 Å². The zero-order valence-electron chi connectivity index (χ0n) is 9.47. The summed E-state index contributed by atoms with van der Waals surface area (Å²) in [4.78, 5) is 0. The van der Waals surface area contributed by atoms with Gasteiger partial charge >= 0.3 is 0 Å². The molecule has 82 valence electrons. The first kappa shape index (κ1) is 10.6. The second kappa shape index (κ2) is 4.31. The zero-order chi connectivity index (χ0) is 10.8. The Hall–Kier alpha value is -0.900. The lowest BCUT2D eigenvalue weighted by Gasteiger charge is -2.41. The van der Waals surface area contributed by atoms with E-state index in [-0.39, 0.29) is 12.3 Å². The number of hydrogen-bond donors (Lipinski definition) is 1. The standard InChI is InChI=1S/C12H18N2O/c1-9-12(11-7-5-4-6-8-11)15-10(2)13-14(9)3/h4-10,12-13H,1-3H3. The van der Waals surface area contributed by atoms with Gasteiger partial charge in [0.25, 0.3) is 0 Å². The molecule has 0 aromatic heterocycles. The van der Waals surface area contributed by atoms with Crippen molar-refractivity contribution in [2.24, 2.45) is 0 Å². The molecule has 1 aromatic carbocycles. The lowest BCUT2D eigenvalue weighted by atomic mass is 10.0. The average molecular weight is 206 g/mol. The van der Waals surface area contributed by atoms with Crippen LogP contribution in [-0.4, -0.2) is 24.3 Å². The van der Waals surface area contributed by atoms with Gasteiger partial charge in [0.05, 0.1) is 6.04 Å². The normalized spacial score (nSPS) is 32.9. The predicted molar refractivity (Wildman–Crippen MR) is 60.1 cm³/mol. The molecule has 0 radical (unpaired) electrons. The minimum Gasteiger partial charge on any atom is -0.353 e. The summed E-state index contributed by atoms with van der Waals surface area (Å²) >= 11 is 0. The molecule has 0 amide bonds. The van der Waals surface area contributed by atoms with Crippen molar-refractivity contribution in [3.63, 3.8) is 0 Å². The van der Waals surface area contributed by atoms with Crippen molar-refractivity contribution in [1.29, 1.82) is 0 Å². The van der Waals surface area contributed by atoms with Gasteiger partial charge in [-0.1, -0.05) is 30.3 Å². The first-order chi connectivity index (χ1) is 7.18. The van der Waals surface area contributed by atoms with E-state index in [1.165, 1.54) is 5.56 Å². The Bertz CT molecular complexity index is 315. The predicted octanol–water partition coefficient (Wildman–Crippen LogP) is 1.93. The van der Waals surface area contributed by atoms with E-state index < -0.39 is 0 Å². The molecule has 3 nitrogen and oxygen atoms in total. The van der Waals surface area contributed by atoms with Crippen LogP contribution >= 0.6 is 0 Å². The number of rotatable bonds is 1. The highest BCUT2D eigenvalue weighted by atomic mass is 16.5. The van der Waals surface area contributed by atoms with Crippen molar-refractivity contribution in [1.82, 2.24) is 10.4 Å². The number of nitrogens with one attached hydrogen (secondary N) is 1. The Kier molecular flexibility index (Phi) is 3.05. The second-order valence-corrected chi connectivity index (χ2v) is 4.09. The maximum Gasteiger partial charge on any atom is 0.118 e. The molecular formula is C12H18N2O. The Morgan fingerprint density at radius 2 is 1.87 bits per heavy atom. The van der Waals surface area contributed by atoms with E-state index in [0.717, 1.165) is 0 Å². The fourth-order valence-corrected chi connectivity index (χ4v) is 1.97. The molecule has 2 rings (SSSR count). The maximum absolute atomic E-state index is 5.90. The average Bonchev–Trinajstić information content (AvgIpc) is 2.24. The van der Waals surface area contributed by atoms with Crippen LogP contribution in [0.1, 0.15) is 25.5 Å². The summed E-state index contributed by atoms with van der Waals surface area (Å²) in [6, 6.07) is 10.7. The van der Waals surface area contributed by atoms with Crippen molar-refractivity contribution in [3.05, 3.63) is 35.9 Å². The number of nitrogens with zero attached hydrogens (tertiary/aromatic N) is 1. The van der Waals surface area contributed by atoms with Gasteiger partial charge < -0.3 is 4.74 Å². The highest BCUT2D eigenvalue weighted by molar-refractivity contribution is 5.19. The molecule has 15 heavy (non-hydrogen) atoms. The molecule has 0 spiro atoms. The van der Waals surface area contributed by atoms with Gasteiger partial charge in [0.15, 0.2) is 0 Å². The first-order valence-electron chi connectivity index (χ1n) is 5.38. The van der Waals surface area contributed by atoms with E-state index in [2.05, 4.69) is 48.7 Å². The Morgan fingerprint density at radius 3 is 2.53 bits per heavy atom. The minimum atomic E-state index is 0.0661. The third-order valence-corrected chi connectivity index (χ3v) is 2.91. The lowest BCUT2D eigenvalue weighted by Crippen LogP contribution is -2.55. The van der Waals surface area contributed by atoms with Gasteiger partial charge in [0.2, 0.25) is 0 Å². The fourth-order valence-electron chi connectivity index (χ4n) is 1.97. The van der Waals surface area contributed by atoms with Gasteiger partial charge in [-0.2, -0.15) is 0 Å². The monoisotopic (exact) mass is 206 g/mol. The summed E-state index contributed by atoms with van der Waals surface area (Å²) in [6.45, 7) is 4.19. The van der Waals surface area contributed by atoms with Crippen LogP contribution in [0.4, 0.5) is 0 Å². The van der Waals surface area contributed by atoms with Gasteiger partial charge in [-0.15, -0.1) is 0 Å². The van der Waals surface area contributed by atoms with Crippen LogP contribution in [0.5, 0.6) is 0 Å². The number of hydrazine groups is 1. The third kappa shape index (κ3) is 2.20. The van der Waals surface area contributed by atoms with E-state index >= 15 is 0 Å².